The van der Waals surface area contributed by atoms with E-state index in [1.54, 1.807) is 4.90 Å². The van der Waals surface area contributed by atoms with Crippen molar-refractivity contribution in [3.05, 3.63) is 23.1 Å². The van der Waals surface area contributed by atoms with E-state index in [4.69, 9.17) is 16.3 Å². The van der Waals surface area contributed by atoms with Crippen LogP contribution in [0.2, 0.25) is 5.02 Å². The summed E-state index contributed by atoms with van der Waals surface area (Å²) < 4.78 is 18.5. The van der Waals surface area contributed by atoms with Gasteiger partial charge in [-0.2, -0.15) is 0 Å². The lowest BCUT2D eigenvalue weighted by Crippen LogP contribution is -2.25. The topological polar surface area (TPSA) is 42.4 Å². The van der Waals surface area contributed by atoms with Crippen molar-refractivity contribution >= 4 is 23.4 Å². The SMILES string of the molecule is COC(=O)C1CN(c2ncc(Cl)cc2F)CC1C. The van der Waals surface area contributed by atoms with Gasteiger partial charge < -0.3 is 9.64 Å². The third kappa shape index (κ3) is 2.41. The largest absolute Gasteiger partial charge is 0.469 e. The van der Waals surface area contributed by atoms with Gasteiger partial charge in [0.25, 0.3) is 0 Å². The highest BCUT2D eigenvalue weighted by atomic mass is 35.5. The second-order valence-corrected chi connectivity index (χ2v) is 4.91. The minimum absolute atomic E-state index is 0.106. The summed E-state index contributed by atoms with van der Waals surface area (Å²) in [5, 5.41) is 0.257. The number of aromatic nitrogens is 1. The molecule has 2 heterocycles. The molecule has 0 radical (unpaired) electrons. The molecule has 4 nitrogen and oxygen atoms in total. The van der Waals surface area contributed by atoms with Gasteiger partial charge in [-0.15, -0.1) is 0 Å². The van der Waals surface area contributed by atoms with Crippen LogP contribution in [0.3, 0.4) is 0 Å². The minimum Gasteiger partial charge on any atom is -0.469 e. The van der Waals surface area contributed by atoms with Crippen LogP contribution in [0.1, 0.15) is 6.92 Å². The van der Waals surface area contributed by atoms with Gasteiger partial charge in [0.2, 0.25) is 0 Å². The number of anilines is 1. The number of ether oxygens (including phenoxy) is 1. The van der Waals surface area contributed by atoms with Gasteiger partial charge in [-0.3, -0.25) is 4.79 Å². The van der Waals surface area contributed by atoms with Crippen molar-refractivity contribution in [2.24, 2.45) is 11.8 Å². The van der Waals surface area contributed by atoms with Crippen molar-refractivity contribution in [1.29, 1.82) is 0 Å². The molecule has 1 aromatic heterocycles. The average Bonchev–Trinajstić information content (AvgIpc) is 2.70. The fraction of sp³-hybridized carbons (Fsp3) is 0.500. The highest BCUT2D eigenvalue weighted by molar-refractivity contribution is 6.30. The Morgan fingerprint density at radius 1 is 1.61 bits per heavy atom. The number of nitrogens with zero attached hydrogens (tertiary/aromatic N) is 2. The van der Waals surface area contributed by atoms with Crippen molar-refractivity contribution in [1.82, 2.24) is 4.98 Å². The molecule has 0 amide bonds. The number of hydrogen-bond acceptors (Lipinski definition) is 4. The molecule has 1 aliphatic heterocycles. The van der Waals surface area contributed by atoms with Gasteiger partial charge in [0.15, 0.2) is 11.6 Å². The first-order chi connectivity index (χ1) is 8.52. The maximum absolute atomic E-state index is 13.7. The summed E-state index contributed by atoms with van der Waals surface area (Å²) in [7, 11) is 1.36. The molecule has 1 fully saturated rings. The van der Waals surface area contributed by atoms with Gasteiger partial charge in [0.05, 0.1) is 18.1 Å². The Balaban J connectivity index is 2.19. The van der Waals surface area contributed by atoms with E-state index in [-0.39, 0.29) is 28.6 Å². The summed E-state index contributed by atoms with van der Waals surface area (Å²) in [6.45, 7) is 2.93. The Hall–Kier alpha value is -1.36. The zero-order valence-corrected chi connectivity index (χ0v) is 10.9. The van der Waals surface area contributed by atoms with Crippen LogP contribution in [0, 0.1) is 17.7 Å². The quantitative estimate of drug-likeness (QED) is 0.774. The third-order valence-electron chi connectivity index (χ3n) is 3.20. The van der Waals surface area contributed by atoms with Crippen LogP contribution in [0.5, 0.6) is 0 Å². The Kier molecular flexibility index (Phi) is 3.71. The summed E-state index contributed by atoms with van der Waals surface area (Å²) >= 11 is 5.66. The van der Waals surface area contributed by atoms with Crippen molar-refractivity contribution < 1.29 is 13.9 Å². The van der Waals surface area contributed by atoms with Gasteiger partial charge in [0, 0.05) is 19.3 Å². The van der Waals surface area contributed by atoms with Crippen LogP contribution in [0.25, 0.3) is 0 Å². The zero-order valence-electron chi connectivity index (χ0n) is 10.2. The summed E-state index contributed by atoms with van der Waals surface area (Å²) in [4.78, 5) is 17.3. The number of esters is 1. The molecule has 1 aliphatic rings. The average molecular weight is 273 g/mol. The van der Waals surface area contributed by atoms with Crippen molar-refractivity contribution in [2.45, 2.75) is 6.92 Å². The van der Waals surface area contributed by atoms with E-state index in [9.17, 15) is 9.18 Å². The molecular formula is C12H14ClFN2O2. The van der Waals surface area contributed by atoms with E-state index in [1.165, 1.54) is 19.4 Å². The number of rotatable bonds is 2. The number of carbonyl (C=O) groups is 1. The number of halogens is 2. The summed E-state index contributed by atoms with van der Waals surface area (Å²) in [6.07, 6.45) is 1.40. The lowest BCUT2D eigenvalue weighted by Gasteiger charge is -2.17. The highest BCUT2D eigenvalue weighted by Crippen LogP contribution is 2.29. The fourth-order valence-corrected chi connectivity index (χ4v) is 2.38. The van der Waals surface area contributed by atoms with Gasteiger partial charge >= 0.3 is 5.97 Å². The maximum Gasteiger partial charge on any atom is 0.310 e. The smallest absolute Gasteiger partial charge is 0.310 e. The second-order valence-electron chi connectivity index (χ2n) is 4.47. The molecule has 0 aromatic carbocycles. The molecule has 6 heteroatoms. The Morgan fingerprint density at radius 2 is 2.33 bits per heavy atom. The second kappa shape index (κ2) is 5.10. The standard InChI is InChI=1S/C12H14ClFN2O2/c1-7-5-16(6-9(7)12(17)18-2)11-10(14)3-8(13)4-15-11/h3-4,7,9H,5-6H2,1-2H3. The van der Waals surface area contributed by atoms with Gasteiger partial charge in [0.1, 0.15) is 0 Å². The molecule has 0 saturated carbocycles. The van der Waals surface area contributed by atoms with E-state index < -0.39 is 5.82 Å². The van der Waals surface area contributed by atoms with Crippen LogP contribution >= 0.6 is 11.6 Å². The fourth-order valence-electron chi connectivity index (χ4n) is 2.24. The first-order valence-electron chi connectivity index (χ1n) is 5.66. The van der Waals surface area contributed by atoms with E-state index in [0.29, 0.717) is 13.1 Å². The Labute approximate surface area is 110 Å². The molecule has 2 unspecified atom stereocenters. The van der Waals surface area contributed by atoms with Crippen LogP contribution in [-0.4, -0.2) is 31.2 Å². The maximum atomic E-state index is 13.7. The van der Waals surface area contributed by atoms with Gasteiger partial charge in [-0.1, -0.05) is 18.5 Å². The lowest BCUT2D eigenvalue weighted by molar-refractivity contribution is -0.145. The Bertz CT molecular complexity index is 469. The summed E-state index contributed by atoms with van der Waals surface area (Å²) in [5.41, 5.74) is 0. The first kappa shape index (κ1) is 13.1. The molecule has 2 rings (SSSR count). The summed E-state index contributed by atoms with van der Waals surface area (Å²) in [5.74, 6) is -0.640. The van der Waals surface area contributed by atoms with E-state index in [2.05, 4.69) is 4.98 Å². The zero-order chi connectivity index (χ0) is 13.3. The molecule has 18 heavy (non-hydrogen) atoms. The van der Waals surface area contributed by atoms with Gasteiger partial charge in [-0.05, 0) is 12.0 Å². The van der Waals surface area contributed by atoms with Crippen LogP contribution in [-0.2, 0) is 9.53 Å². The van der Waals surface area contributed by atoms with Gasteiger partial charge in [-0.25, -0.2) is 9.37 Å². The monoisotopic (exact) mass is 272 g/mol. The van der Waals surface area contributed by atoms with Crippen molar-refractivity contribution in [2.75, 3.05) is 25.1 Å². The Morgan fingerprint density at radius 3 is 2.94 bits per heavy atom. The molecule has 2 atom stereocenters. The molecule has 0 spiro atoms. The number of methoxy groups -OCH3 is 1. The summed E-state index contributed by atoms with van der Waals surface area (Å²) in [6, 6.07) is 1.22. The van der Waals surface area contributed by atoms with E-state index in [0.717, 1.165) is 0 Å². The molecule has 0 N–H and O–H groups in total. The third-order valence-corrected chi connectivity index (χ3v) is 3.41. The van der Waals surface area contributed by atoms with Crippen molar-refractivity contribution in [3.63, 3.8) is 0 Å². The van der Waals surface area contributed by atoms with E-state index in [1.807, 2.05) is 6.92 Å². The number of pyridine rings is 1. The number of carbonyl (C=O) groups excluding carboxylic acids is 1. The highest BCUT2D eigenvalue weighted by Gasteiger charge is 2.36. The van der Waals surface area contributed by atoms with Crippen LogP contribution < -0.4 is 4.90 Å². The molecule has 1 saturated heterocycles. The molecule has 98 valence electrons. The predicted molar refractivity (Wildman–Crippen MR) is 66.1 cm³/mol. The minimum atomic E-state index is -0.472. The van der Waals surface area contributed by atoms with E-state index >= 15 is 0 Å². The number of hydrogen-bond donors (Lipinski definition) is 0. The van der Waals surface area contributed by atoms with Crippen molar-refractivity contribution in [3.8, 4) is 0 Å². The normalized spacial score (nSPS) is 23.2. The van der Waals surface area contributed by atoms with Crippen LogP contribution in [0.4, 0.5) is 10.2 Å². The first-order valence-corrected chi connectivity index (χ1v) is 6.04. The van der Waals surface area contributed by atoms with Crippen LogP contribution in [0.15, 0.2) is 12.3 Å². The molecule has 1 aromatic rings. The molecule has 0 bridgehead atoms. The molecular weight excluding hydrogens is 259 g/mol. The molecule has 0 aliphatic carbocycles. The predicted octanol–water partition coefficient (Wildman–Crippen LogP) is 2.12. The lowest BCUT2D eigenvalue weighted by atomic mass is 9.99.